The van der Waals surface area contributed by atoms with E-state index >= 15 is 0 Å². The Morgan fingerprint density at radius 2 is 1.60 bits per heavy atom. The largest absolute Gasteiger partial charge is 0.490 e. The number of rotatable bonds is 4. The first-order valence-corrected chi connectivity index (χ1v) is 9.77. The van der Waals surface area contributed by atoms with E-state index in [0.29, 0.717) is 26.2 Å². The van der Waals surface area contributed by atoms with Gasteiger partial charge in [-0.2, -0.15) is 0 Å². The molecule has 0 aromatic heterocycles. The minimum atomic E-state index is -0.683. The molecule has 2 aliphatic rings. The van der Waals surface area contributed by atoms with E-state index in [1.807, 2.05) is 4.90 Å². The summed E-state index contributed by atoms with van der Waals surface area (Å²) in [6, 6.07) is 4.31. The molecule has 0 radical (unpaired) electrons. The monoisotopic (exact) mass is 441 g/mol. The normalized spacial score (nSPS) is 17.8. The van der Waals surface area contributed by atoms with Gasteiger partial charge in [-0.1, -0.05) is 11.6 Å². The summed E-state index contributed by atoms with van der Waals surface area (Å²) in [7, 11) is 1.30. The number of piperidine rings is 1. The van der Waals surface area contributed by atoms with Gasteiger partial charge in [0.2, 0.25) is 0 Å². The van der Waals surface area contributed by atoms with Crippen LogP contribution in [0.25, 0.3) is 0 Å². The maximum Gasteiger partial charge on any atom is 0.313 e. The van der Waals surface area contributed by atoms with Crippen molar-refractivity contribution >= 4 is 28.7 Å². The van der Waals surface area contributed by atoms with Gasteiger partial charge in [0, 0.05) is 43.7 Å². The third-order valence-corrected chi connectivity index (χ3v) is 6.28. The van der Waals surface area contributed by atoms with Crippen LogP contribution in [0.15, 0.2) is 24.3 Å². The molecule has 2 aliphatic heterocycles. The minimum absolute atomic E-state index is 0.00686. The fraction of sp³-hybridized carbons (Fsp3) is 0.400. The van der Waals surface area contributed by atoms with Crippen molar-refractivity contribution in [1.29, 1.82) is 0 Å². The summed E-state index contributed by atoms with van der Waals surface area (Å²) >= 11 is 5.62. The molecular weight excluding hydrogens is 423 g/mol. The molecule has 0 bridgehead atoms. The Bertz CT molecular complexity index is 1000. The summed E-state index contributed by atoms with van der Waals surface area (Å²) in [6.45, 7) is 2.24. The van der Waals surface area contributed by atoms with Crippen LogP contribution in [0.2, 0.25) is 5.02 Å². The molecule has 2 heterocycles. The topological polar surface area (TPSA) is 58.8 Å². The number of ether oxygens (including phenoxy) is 1. The third-order valence-electron chi connectivity index (χ3n) is 5.99. The molecule has 1 spiro atoms. The third kappa shape index (κ3) is 3.51. The Morgan fingerprint density at radius 1 is 1.00 bits per heavy atom. The molecule has 30 heavy (non-hydrogen) atoms. The van der Waals surface area contributed by atoms with Gasteiger partial charge in [-0.3, -0.25) is 10.1 Å². The van der Waals surface area contributed by atoms with Gasteiger partial charge < -0.3 is 14.5 Å². The summed E-state index contributed by atoms with van der Waals surface area (Å²) in [6.07, 6.45) is 1.47. The van der Waals surface area contributed by atoms with Crippen LogP contribution in [0.5, 0.6) is 5.75 Å². The number of benzene rings is 2. The number of anilines is 2. The van der Waals surface area contributed by atoms with Crippen molar-refractivity contribution in [3.63, 3.8) is 0 Å². The molecule has 2 aromatic rings. The number of methoxy groups -OCH3 is 1. The van der Waals surface area contributed by atoms with Gasteiger partial charge in [0.1, 0.15) is 11.6 Å². The van der Waals surface area contributed by atoms with Crippen LogP contribution in [0.3, 0.4) is 0 Å². The molecule has 2 saturated heterocycles. The lowest BCUT2D eigenvalue weighted by atomic mass is 9.71. The predicted octanol–water partition coefficient (Wildman–Crippen LogP) is 4.78. The summed E-state index contributed by atoms with van der Waals surface area (Å²) in [5, 5.41) is 10.8. The summed E-state index contributed by atoms with van der Waals surface area (Å²) in [5.41, 5.74) is -0.0238. The first kappa shape index (κ1) is 20.6. The Labute approximate surface area is 175 Å². The summed E-state index contributed by atoms with van der Waals surface area (Å²) in [4.78, 5) is 14.0. The fourth-order valence-electron chi connectivity index (χ4n) is 4.31. The van der Waals surface area contributed by atoms with Crippen molar-refractivity contribution in [3.05, 3.63) is 56.9 Å². The Hall–Kier alpha value is -2.68. The lowest BCUT2D eigenvalue weighted by Gasteiger charge is -2.55. The average molecular weight is 442 g/mol. The number of halogens is 4. The highest BCUT2D eigenvalue weighted by Gasteiger charge is 2.46. The van der Waals surface area contributed by atoms with Crippen LogP contribution in [-0.2, 0) is 0 Å². The lowest BCUT2D eigenvalue weighted by molar-refractivity contribution is -0.385. The molecule has 6 nitrogen and oxygen atoms in total. The molecule has 0 N–H and O–H groups in total. The zero-order chi connectivity index (χ0) is 21.6. The van der Waals surface area contributed by atoms with Gasteiger partial charge in [-0.05, 0) is 18.9 Å². The lowest BCUT2D eigenvalue weighted by Crippen LogP contribution is -2.60. The van der Waals surface area contributed by atoms with Crippen LogP contribution >= 0.6 is 11.6 Å². The van der Waals surface area contributed by atoms with Gasteiger partial charge in [-0.25, -0.2) is 13.2 Å². The molecule has 2 fully saturated rings. The number of hydrogen-bond acceptors (Lipinski definition) is 5. The maximum absolute atomic E-state index is 14.5. The summed E-state index contributed by atoms with van der Waals surface area (Å²) in [5.74, 6) is -1.89. The maximum atomic E-state index is 14.5. The van der Waals surface area contributed by atoms with Gasteiger partial charge in [0.25, 0.3) is 0 Å². The number of hydrogen-bond donors (Lipinski definition) is 0. The van der Waals surface area contributed by atoms with Gasteiger partial charge >= 0.3 is 5.69 Å². The molecular formula is C20H19ClF3N3O3. The standard InChI is InChI=1S/C20H19ClF3N3O3/c1-30-19-9-17(15(24)8-18(19)27(28)29)26-10-20(11-26)2-4-25(5-3-20)16-7-13(22)12(21)6-14(16)23/h6-9H,2-5,10-11H2,1H3. The van der Waals surface area contributed by atoms with Crippen molar-refractivity contribution in [2.75, 3.05) is 43.1 Å². The van der Waals surface area contributed by atoms with Gasteiger partial charge in [-0.15, -0.1) is 0 Å². The zero-order valence-electron chi connectivity index (χ0n) is 16.1. The summed E-state index contributed by atoms with van der Waals surface area (Å²) < 4.78 is 47.4. The molecule has 2 aromatic carbocycles. The number of nitro groups is 1. The predicted molar refractivity (Wildman–Crippen MR) is 107 cm³/mol. The van der Waals surface area contributed by atoms with Gasteiger partial charge in [0.05, 0.1) is 34.5 Å². The molecule has 0 amide bonds. The van der Waals surface area contributed by atoms with E-state index < -0.39 is 28.1 Å². The smallest absolute Gasteiger partial charge is 0.313 e. The second-order valence-corrected chi connectivity index (χ2v) is 8.20. The Morgan fingerprint density at radius 3 is 2.20 bits per heavy atom. The average Bonchev–Trinajstić information content (AvgIpc) is 2.69. The van der Waals surface area contributed by atoms with E-state index in [0.717, 1.165) is 31.0 Å². The van der Waals surface area contributed by atoms with Gasteiger partial charge in [0.15, 0.2) is 11.6 Å². The first-order valence-electron chi connectivity index (χ1n) is 9.39. The fourth-order valence-corrected chi connectivity index (χ4v) is 4.46. The van der Waals surface area contributed by atoms with E-state index in [1.54, 1.807) is 4.90 Å². The minimum Gasteiger partial charge on any atom is -0.490 e. The van der Waals surface area contributed by atoms with Crippen LogP contribution in [0, 0.1) is 33.0 Å². The second kappa shape index (κ2) is 7.54. The molecule has 160 valence electrons. The molecule has 0 aliphatic carbocycles. The van der Waals surface area contributed by atoms with E-state index in [2.05, 4.69) is 0 Å². The second-order valence-electron chi connectivity index (χ2n) is 7.79. The molecule has 10 heteroatoms. The quantitative estimate of drug-likeness (QED) is 0.388. The van der Waals surface area contributed by atoms with Crippen molar-refractivity contribution in [1.82, 2.24) is 0 Å². The molecule has 0 saturated carbocycles. The first-order chi connectivity index (χ1) is 14.2. The van der Waals surface area contributed by atoms with Crippen LogP contribution < -0.4 is 14.5 Å². The zero-order valence-corrected chi connectivity index (χ0v) is 16.9. The molecule has 0 atom stereocenters. The molecule has 4 rings (SSSR count). The number of nitro benzene ring substituents is 1. The number of nitrogens with zero attached hydrogens (tertiary/aromatic N) is 3. The van der Waals surface area contributed by atoms with Crippen LogP contribution in [0.4, 0.5) is 30.2 Å². The van der Waals surface area contributed by atoms with Crippen molar-refractivity contribution in [2.24, 2.45) is 5.41 Å². The highest BCUT2D eigenvalue weighted by molar-refractivity contribution is 6.30. The Balaban J connectivity index is 1.44. The Kier molecular flexibility index (Phi) is 5.17. The highest BCUT2D eigenvalue weighted by atomic mass is 35.5. The van der Waals surface area contributed by atoms with Crippen LogP contribution in [0.1, 0.15) is 12.8 Å². The van der Waals surface area contributed by atoms with Crippen molar-refractivity contribution in [3.8, 4) is 5.75 Å². The van der Waals surface area contributed by atoms with Crippen LogP contribution in [-0.4, -0.2) is 38.2 Å². The van der Waals surface area contributed by atoms with E-state index in [9.17, 15) is 23.3 Å². The van der Waals surface area contributed by atoms with Crippen molar-refractivity contribution < 1.29 is 22.8 Å². The molecule has 0 unspecified atom stereocenters. The SMILES string of the molecule is COc1cc(N2CC3(CCN(c4cc(F)c(Cl)cc4F)CC3)C2)c(F)cc1[N+](=O)[O-]. The van der Waals surface area contributed by atoms with Crippen molar-refractivity contribution in [2.45, 2.75) is 12.8 Å². The van der Waals surface area contributed by atoms with E-state index in [4.69, 9.17) is 16.3 Å². The van der Waals surface area contributed by atoms with E-state index in [1.165, 1.54) is 13.2 Å². The van der Waals surface area contributed by atoms with E-state index in [-0.39, 0.29) is 27.6 Å². The highest BCUT2D eigenvalue weighted by Crippen LogP contribution is 2.46.